The van der Waals surface area contributed by atoms with E-state index in [-0.39, 0.29) is 23.9 Å². The second-order valence-corrected chi connectivity index (χ2v) is 14.7. The zero-order valence-corrected chi connectivity index (χ0v) is 20.0. The monoisotopic (exact) mass is 487 g/mol. The van der Waals surface area contributed by atoms with Gasteiger partial charge in [0.2, 0.25) is 0 Å². The number of nitrogens with zero attached hydrogens (tertiary/aromatic N) is 3. The van der Waals surface area contributed by atoms with E-state index in [2.05, 4.69) is 24.7 Å². The number of hydrogen-bond acceptors (Lipinski definition) is 4. The van der Waals surface area contributed by atoms with Crippen molar-refractivity contribution in [1.82, 2.24) is 14.3 Å². The fourth-order valence-electron chi connectivity index (χ4n) is 3.14. The van der Waals surface area contributed by atoms with Crippen LogP contribution < -0.4 is 10.3 Å². The molecule has 3 rings (SSSR count). The van der Waals surface area contributed by atoms with Crippen LogP contribution in [-0.4, -0.2) is 36.1 Å². The maximum absolute atomic E-state index is 13.7. The molecule has 0 radical (unpaired) electrons. The number of halogens is 4. The van der Waals surface area contributed by atoms with Crippen molar-refractivity contribution in [3.63, 3.8) is 0 Å². The van der Waals surface area contributed by atoms with E-state index in [4.69, 9.17) is 21.1 Å². The third-order valence-electron chi connectivity index (χ3n) is 4.94. The SMILES string of the molecule is COc1ccc(Cn2c(Cl)cc3c(c(C(F)(F)F)nn3COCC[Si](C)(C)C)c2=O)cc1. The van der Waals surface area contributed by atoms with E-state index in [9.17, 15) is 18.0 Å². The second-order valence-electron chi connectivity index (χ2n) is 8.66. The van der Waals surface area contributed by atoms with Crippen molar-refractivity contribution < 1.29 is 22.6 Å². The summed E-state index contributed by atoms with van der Waals surface area (Å²) in [5, 5.41) is 3.14. The summed E-state index contributed by atoms with van der Waals surface area (Å²) in [6.45, 7) is 6.73. The van der Waals surface area contributed by atoms with Gasteiger partial charge >= 0.3 is 6.18 Å². The van der Waals surface area contributed by atoms with Gasteiger partial charge in [-0.05, 0) is 29.8 Å². The minimum absolute atomic E-state index is 0.00673. The van der Waals surface area contributed by atoms with Crippen molar-refractivity contribution >= 4 is 30.6 Å². The van der Waals surface area contributed by atoms with Crippen LogP contribution in [0.4, 0.5) is 13.2 Å². The molecule has 0 saturated heterocycles. The lowest BCUT2D eigenvalue weighted by atomic mass is 10.2. The van der Waals surface area contributed by atoms with Crippen LogP contribution in [-0.2, 0) is 24.2 Å². The second kappa shape index (κ2) is 9.28. The van der Waals surface area contributed by atoms with Crippen molar-refractivity contribution in [1.29, 1.82) is 0 Å². The molecular weight excluding hydrogens is 463 g/mol. The minimum atomic E-state index is -4.80. The highest BCUT2D eigenvalue weighted by Crippen LogP contribution is 2.33. The summed E-state index contributed by atoms with van der Waals surface area (Å²) < 4.78 is 53.9. The minimum Gasteiger partial charge on any atom is -0.497 e. The third-order valence-corrected chi connectivity index (χ3v) is 6.96. The largest absolute Gasteiger partial charge is 0.497 e. The highest BCUT2D eigenvalue weighted by Gasteiger charge is 2.38. The van der Waals surface area contributed by atoms with Crippen LogP contribution >= 0.6 is 11.6 Å². The van der Waals surface area contributed by atoms with Gasteiger partial charge in [0.1, 0.15) is 17.6 Å². The van der Waals surface area contributed by atoms with Crippen molar-refractivity contribution in [3.05, 3.63) is 57.1 Å². The summed E-state index contributed by atoms with van der Waals surface area (Å²) in [5.74, 6) is 0.623. The Bertz CT molecular complexity index is 1150. The summed E-state index contributed by atoms with van der Waals surface area (Å²) >= 11 is 6.31. The smallest absolute Gasteiger partial charge is 0.435 e. The average Bonchev–Trinajstić information content (AvgIpc) is 3.07. The Hall–Kier alpha value is -2.30. The number of benzene rings is 1. The first-order valence-corrected chi connectivity index (χ1v) is 14.1. The lowest BCUT2D eigenvalue weighted by Crippen LogP contribution is -2.23. The first-order valence-electron chi connectivity index (χ1n) is 9.98. The third kappa shape index (κ3) is 5.54. The molecule has 6 nitrogen and oxygen atoms in total. The Morgan fingerprint density at radius 2 is 1.81 bits per heavy atom. The van der Waals surface area contributed by atoms with E-state index in [0.717, 1.165) is 15.3 Å². The molecule has 0 spiro atoms. The van der Waals surface area contributed by atoms with Crippen LogP contribution in [0, 0.1) is 0 Å². The molecule has 0 aliphatic heterocycles. The summed E-state index contributed by atoms with van der Waals surface area (Å²) in [4.78, 5) is 13.1. The lowest BCUT2D eigenvalue weighted by molar-refractivity contribution is -0.140. The topological polar surface area (TPSA) is 58.3 Å². The fraction of sp³-hybridized carbons (Fsp3) is 0.429. The van der Waals surface area contributed by atoms with Gasteiger partial charge in [-0.25, -0.2) is 4.68 Å². The molecule has 0 N–H and O–H groups in total. The summed E-state index contributed by atoms with van der Waals surface area (Å²) in [6.07, 6.45) is -4.80. The Kier molecular flexibility index (Phi) is 7.06. The van der Waals surface area contributed by atoms with E-state index >= 15 is 0 Å². The number of aromatic nitrogens is 3. The van der Waals surface area contributed by atoms with E-state index in [0.29, 0.717) is 17.9 Å². The number of rotatable bonds is 8. The van der Waals surface area contributed by atoms with E-state index in [1.807, 2.05) is 0 Å². The predicted molar refractivity (Wildman–Crippen MR) is 120 cm³/mol. The van der Waals surface area contributed by atoms with Gasteiger partial charge in [0.05, 0.1) is 24.6 Å². The number of ether oxygens (including phenoxy) is 2. The molecule has 2 aromatic heterocycles. The van der Waals surface area contributed by atoms with E-state index in [1.54, 1.807) is 24.3 Å². The Morgan fingerprint density at radius 3 is 2.38 bits per heavy atom. The molecule has 0 saturated carbocycles. The fourth-order valence-corrected chi connectivity index (χ4v) is 4.14. The molecule has 0 bridgehead atoms. The van der Waals surface area contributed by atoms with Crippen LogP contribution in [0.2, 0.25) is 30.8 Å². The molecular formula is C21H25ClF3N3O3Si. The van der Waals surface area contributed by atoms with Gasteiger partial charge < -0.3 is 9.47 Å². The maximum atomic E-state index is 13.7. The quantitative estimate of drug-likeness (QED) is 0.248. The number of pyridine rings is 1. The highest BCUT2D eigenvalue weighted by atomic mass is 35.5. The number of fused-ring (bicyclic) bond motifs is 1. The van der Waals surface area contributed by atoms with Gasteiger partial charge in [-0.2, -0.15) is 18.3 Å². The number of hydrogen-bond donors (Lipinski definition) is 0. The molecule has 1 aromatic carbocycles. The van der Waals surface area contributed by atoms with Crippen LogP contribution in [0.1, 0.15) is 11.3 Å². The molecule has 0 fully saturated rings. The molecule has 0 aliphatic rings. The van der Waals surface area contributed by atoms with Crippen molar-refractivity contribution in [3.8, 4) is 5.75 Å². The van der Waals surface area contributed by atoms with Crippen molar-refractivity contribution in [2.45, 2.75) is 45.1 Å². The van der Waals surface area contributed by atoms with Crippen molar-refractivity contribution in [2.75, 3.05) is 13.7 Å². The van der Waals surface area contributed by atoms with Crippen LogP contribution in [0.15, 0.2) is 35.1 Å². The van der Waals surface area contributed by atoms with Gasteiger partial charge in [0.25, 0.3) is 5.56 Å². The van der Waals surface area contributed by atoms with Gasteiger partial charge in [-0.15, -0.1) is 0 Å². The molecule has 0 atom stereocenters. The normalized spacial score (nSPS) is 12.5. The Morgan fingerprint density at radius 1 is 1.16 bits per heavy atom. The number of methoxy groups -OCH3 is 1. The van der Waals surface area contributed by atoms with Gasteiger partial charge in [-0.1, -0.05) is 43.4 Å². The summed E-state index contributed by atoms with van der Waals surface area (Å²) in [6, 6.07) is 9.01. The zero-order valence-electron chi connectivity index (χ0n) is 18.3. The molecule has 174 valence electrons. The standard InChI is InChI=1S/C21H25ClF3N3O3Si/c1-30-15-7-5-14(6-8-15)12-27-17(22)11-16-18(20(27)29)19(21(23,24)25)26-28(16)13-31-9-10-32(2,3)4/h5-8,11H,9-10,12-13H2,1-4H3. The first-order chi connectivity index (χ1) is 14.9. The summed E-state index contributed by atoms with van der Waals surface area (Å²) in [5.41, 5.74) is -1.42. The van der Waals surface area contributed by atoms with Crippen molar-refractivity contribution in [2.24, 2.45) is 0 Å². The Labute approximate surface area is 189 Å². The molecule has 0 amide bonds. The van der Waals surface area contributed by atoms with E-state index in [1.165, 1.54) is 13.2 Å². The summed E-state index contributed by atoms with van der Waals surface area (Å²) in [7, 11) is 0.164. The lowest BCUT2D eigenvalue weighted by Gasteiger charge is -2.15. The average molecular weight is 488 g/mol. The van der Waals surface area contributed by atoms with Gasteiger partial charge in [0.15, 0.2) is 5.69 Å². The molecule has 0 aliphatic carbocycles. The molecule has 3 aromatic rings. The number of alkyl halides is 3. The van der Waals surface area contributed by atoms with Gasteiger partial charge in [0, 0.05) is 14.7 Å². The predicted octanol–water partition coefficient (Wildman–Crippen LogP) is 5.24. The van der Waals surface area contributed by atoms with E-state index < -0.39 is 30.9 Å². The van der Waals surface area contributed by atoms with Crippen LogP contribution in [0.3, 0.4) is 0 Å². The van der Waals surface area contributed by atoms with Crippen LogP contribution in [0.5, 0.6) is 5.75 Å². The molecule has 11 heteroatoms. The molecule has 32 heavy (non-hydrogen) atoms. The molecule has 0 unspecified atom stereocenters. The van der Waals surface area contributed by atoms with Gasteiger partial charge in [-0.3, -0.25) is 9.36 Å². The van der Waals surface area contributed by atoms with Crippen LogP contribution in [0.25, 0.3) is 10.9 Å². The zero-order chi connectivity index (χ0) is 23.7. The first kappa shape index (κ1) is 24.3. The highest BCUT2D eigenvalue weighted by molar-refractivity contribution is 6.76. The maximum Gasteiger partial charge on any atom is 0.435 e. The Balaban J connectivity index is 2.00. The molecule has 2 heterocycles.